The molecule has 2 rings (SSSR count). The van der Waals surface area contributed by atoms with Crippen molar-refractivity contribution < 1.29 is 14.5 Å². The Morgan fingerprint density at radius 1 is 1.30 bits per heavy atom. The van der Waals surface area contributed by atoms with Gasteiger partial charge in [-0.15, -0.1) is 0 Å². The molecule has 0 unspecified atom stereocenters. The quantitative estimate of drug-likeness (QED) is 0.620. The fourth-order valence-electron chi connectivity index (χ4n) is 2.09. The van der Waals surface area contributed by atoms with E-state index in [1.165, 1.54) is 16.7 Å². The number of nitro benzene ring substituents is 1. The van der Waals surface area contributed by atoms with Crippen LogP contribution in [0, 0.1) is 24.0 Å². The van der Waals surface area contributed by atoms with Gasteiger partial charge in [-0.25, -0.2) is 14.3 Å². The first kappa shape index (κ1) is 16.7. The second-order valence-electron chi connectivity index (χ2n) is 6.23. The molecule has 1 aromatic carbocycles. The van der Waals surface area contributed by atoms with Crippen molar-refractivity contribution in [1.82, 2.24) is 9.55 Å². The fraction of sp³-hybridized carbons (Fsp3) is 0.375. The van der Waals surface area contributed by atoms with E-state index in [1.54, 1.807) is 46.8 Å². The summed E-state index contributed by atoms with van der Waals surface area (Å²) < 4.78 is 6.75. The second kappa shape index (κ2) is 5.83. The third kappa shape index (κ3) is 3.56. The van der Waals surface area contributed by atoms with E-state index in [0.29, 0.717) is 22.8 Å². The lowest BCUT2D eigenvalue weighted by molar-refractivity contribution is -0.384. The summed E-state index contributed by atoms with van der Waals surface area (Å²) in [4.78, 5) is 27.3. The molecule has 0 saturated heterocycles. The predicted molar refractivity (Wildman–Crippen MR) is 85.4 cm³/mol. The highest BCUT2D eigenvalue weighted by molar-refractivity contribution is 5.79. The summed E-state index contributed by atoms with van der Waals surface area (Å²) in [6.07, 6.45) is -0.558. The molecule has 0 bridgehead atoms. The highest BCUT2D eigenvalue weighted by Crippen LogP contribution is 2.26. The number of benzene rings is 1. The molecule has 0 fully saturated rings. The molecule has 23 heavy (non-hydrogen) atoms. The summed E-state index contributed by atoms with van der Waals surface area (Å²) in [5, 5.41) is 10.9. The standard InChI is InChI=1S/C16H19N3O4/c1-10-11(2)18(15(20)23-16(3,4)5)14(17-10)12-7-6-8-13(9-12)19(21)22/h6-9H,1-5H3. The van der Waals surface area contributed by atoms with Crippen molar-refractivity contribution in [2.75, 3.05) is 0 Å². The number of carbonyl (C=O) groups is 1. The average Bonchev–Trinajstić information content (AvgIpc) is 2.73. The van der Waals surface area contributed by atoms with Crippen LogP contribution < -0.4 is 0 Å². The normalized spacial score (nSPS) is 11.3. The van der Waals surface area contributed by atoms with E-state index in [9.17, 15) is 14.9 Å². The number of aryl methyl sites for hydroxylation is 1. The lowest BCUT2D eigenvalue weighted by Crippen LogP contribution is -2.28. The smallest absolute Gasteiger partial charge is 0.420 e. The van der Waals surface area contributed by atoms with Gasteiger partial charge in [0.15, 0.2) is 0 Å². The van der Waals surface area contributed by atoms with Crippen molar-refractivity contribution >= 4 is 11.8 Å². The minimum atomic E-state index is -0.651. The Morgan fingerprint density at radius 3 is 2.52 bits per heavy atom. The van der Waals surface area contributed by atoms with Gasteiger partial charge in [-0.05, 0) is 34.6 Å². The van der Waals surface area contributed by atoms with Gasteiger partial charge in [0.05, 0.1) is 10.6 Å². The number of nitro groups is 1. The zero-order valence-electron chi connectivity index (χ0n) is 13.8. The minimum absolute atomic E-state index is 0.0588. The first-order valence-corrected chi connectivity index (χ1v) is 7.14. The fourth-order valence-corrected chi connectivity index (χ4v) is 2.09. The number of aromatic nitrogens is 2. The van der Waals surface area contributed by atoms with Gasteiger partial charge in [-0.1, -0.05) is 12.1 Å². The highest BCUT2D eigenvalue weighted by atomic mass is 16.6. The van der Waals surface area contributed by atoms with E-state index in [2.05, 4.69) is 4.98 Å². The number of ether oxygens (including phenoxy) is 1. The molecule has 0 amide bonds. The summed E-state index contributed by atoms with van der Waals surface area (Å²) in [6, 6.07) is 6.02. The molecule has 1 heterocycles. The van der Waals surface area contributed by atoms with E-state index >= 15 is 0 Å². The number of nitrogens with zero attached hydrogens (tertiary/aromatic N) is 3. The molecule has 0 saturated carbocycles. The van der Waals surface area contributed by atoms with Crippen LogP contribution in [0.25, 0.3) is 11.4 Å². The van der Waals surface area contributed by atoms with Crippen LogP contribution in [0.4, 0.5) is 10.5 Å². The van der Waals surface area contributed by atoms with E-state index in [0.717, 1.165) is 0 Å². The van der Waals surface area contributed by atoms with Gasteiger partial charge in [0.1, 0.15) is 11.4 Å². The molecule has 1 aromatic heterocycles. The molecule has 7 heteroatoms. The van der Waals surface area contributed by atoms with Crippen LogP contribution in [-0.4, -0.2) is 26.2 Å². The molecule has 7 nitrogen and oxygen atoms in total. The zero-order valence-corrected chi connectivity index (χ0v) is 13.8. The Morgan fingerprint density at radius 2 is 1.96 bits per heavy atom. The first-order chi connectivity index (χ1) is 10.6. The molecule has 0 aliphatic carbocycles. The number of hydrogen-bond donors (Lipinski definition) is 0. The number of carbonyl (C=O) groups excluding carboxylic acids is 1. The number of hydrogen-bond acceptors (Lipinski definition) is 5. The third-order valence-electron chi connectivity index (χ3n) is 3.24. The van der Waals surface area contributed by atoms with Crippen LogP contribution in [0.1, 0.15) is 32.2 Å². The Hall–Kier alpha value is -2.70. The molecule has 0 spiro atoms. The number of rotatable bonds is 2. The molecular formula is C16H19N3O4. The van der Waals surface area contributed by atoms with Gasteiger partial charge >= 0.3 is 6.09 Å². The summed E-state index contributed by atoms with van der Waals surface area (Å²) in [5.41, 5.74) is 1.08. The molecule has 2 aromatic rings. The van der Waals surface area contributed by atoms with Gasteiger partial charge in [0, 0.05) is 23.4 Å². The maximum Gasteiger partial charge on any atom is 0.420 e. The Labute approximate surface area is 134 Å². The van der Waals surface area contributed by atoms with Gasteiger partial charge in [0.2, 0.25) is 0 Å². The average molecular weight is 317 g/mol. The van der Waals surface area contributed by atoms with Crippen molar-refractivity contribution in [2.45, 2.75) is 40.2 Å². The molecule has 0 aliphatic heterocycles. The molecular weight excluding hydrogens is 298 g/mol. The van der Waals surface area contributed by atoms with E-state index in [4.69, 9.17) is 4.74 Å². The monoisotopic (exact) mass is 317 g/mol. The van der Waals surface area contributed by atoms with Crippen LogP contribution in [0.5, 0.6) is 0 Å². The molecule has 0 atom stereocenters. The largest absolute Gasteiger partial charge is 0.443 e. The number of imidazole rings is 1. The van der Waals surface area contributed by atoms with E-state index in [-0.39, 0.29) is 5.69 Å². The van der Waals surface area contributed by atoms with Crippen molar-refractivity contribution in [3.63, 3.8) is 0 Å². The van der Waals surface area contributed by atoms with Crippen molar-refractivity contribution in [1.29, 1.82) is 0 Å². The van der Waals surface area contributed by atoms with Gasteiger partial charge in [0.25, 0.3) is 5.69 Å². The van der Waals surface area contributed by atoms with Crippen LogP contribution >= 0.6 is 0 Å². The maximum absolute atomic E-state index is 12.5. The second-order valence-corrected chi connectivity index (χ2v) is 6.23. The summed E-state index contributed by atoms with van der Waals surface area (Å²) in [6.45, 7) is 8.86. The van der Waals surface area contributed by atoms with Crippen LogP contribution in [-0.2, 0) is 4.74 Å². The van der Waals surface area contributed by atoms with Crippen LogP contribution in [0.3, 0.4) is 0 Å². The SMILES string of the molecule is Cc1nc(-c2cccc([N+](=O)[O-])c2)n(C(=O)OC(C)(C)C)c1C. The predicted octanol–water partition coefficient (Wildman–Crippen LogP) is 3.86. The van der Waals surface area contributed by atoms with Crippen LogP contribution in [0.2, 0.25) is 0 Å². The minimum Gasteiger partial charge on any atom is -0.443 e. The Balaban J connectivity index is 2.56. The molecule has 0 aliphatic rings. The molecule has 0 radical (unpaired) electrons. The van der Waals surface area contributed by atoms with E-state index < -0.39 is 16.6 Å². The van der Waals surface area contributed by atoms with Crippen molar-refractivity contribution in [3.05, 3.63) is 45.8 Å². The lowest BCUT2D eigenvalue weighted by Gasteiger charge is -2.20. The maximum atomic E-state index is 12.5. The van der Waals surface area contributed by atoms with Crippen molar-refractivity contribution in [2.24, 2.45) is 0 Å². The van der Waals surface area contributed by atoms with Gasteiger partial charge in [-0.3, -0.25) is 10.1 Å². The van der Waals surface area contributed by atoms with Gasteiger partial charge < -0.3 is 4.74 Å². The molecule has 122 valence electrons. The third-order valence-corrected chi connectivity index (χ3v) is 3.24. The Bertz CT molecular complexity index is 772. The summed E-state index contributed by atoms with van der Waals surface area (Å²) >= 11 is 0. The molecule has 0 N–H and O–H groups in total. The summed E-state index contributed by atoms with van der Waals surface area (Å²) in [7, 11) is 0. The Kier molecular flexibility index (Phi) is 4.22. The first-order valence-electron chi connectivity index (χ1n) is 7.14. The van der Waals surface area contributed by atoms with Crippen molar-refractivity contribution in [3.8, 4) is 11.4 Å². The summed E-state index contributed by atoms with van der Waals surface area (Å²) in [5.74, 6) is 0.331. The zero-order chi connectivity index (χ0) is 17.4. The highest BCUT2D eigenvalue weighted by Gasteiger charge is 2.24. The topological polar surface area (TPSA) is 87.3 Å². The lowest BCUT2D eigenvalue weighted by atomic mass is 10.2. The van der Waals surface area contributed by atoms with E-state index in [1.807, 2.05) is 0 Å². The van der Waals surface area contributed by atoms with Crippen LogP contribution in [0.15, 0.2) is 24.3 Å². The van der Waals surface area contributed by atoms with Gasteiger partial charge in [-0.2, -0.15) is 0 Å². The number of non-ortho nitro benzene ring substituents is 1.